The van der Waals surface area contributed by atoms with Crippen LogP contribution in [0, 0.1) is 0 Å². The van der Waals surface area contributed by atoms with E-state index in [1.165, 1.54) is 29.2 Å². The van der Waals surface area contributed by atoms with Crippen LogP contribution in [0.3, 0.4) is 0 Å². The molecule has 0 saturated carbocycles. The average molecular weight is 304 g/mol. The van der Waals surface area contributed by atoms with Crippen LogP contribution in [0.15, 0.2) is 42.5 Å². The fourth-order valence-corrected chi connectivity index (χ4v) is 1.78. The number of benzene rings is 2. The van der Waals surface area contributed by atoms with E-state index >= 15 is 0 Å². The molecule has 116 valence electrons. The molecule has 0 spiro atoms. The van der Waals surface area contributed by atoms with Gasteiger partial charge in [-0.2, -0.15) is 0 Å². The minimum absolute atomic E-state index is 0.130. The Balaban J connectivity index is 0.000000427. The highest BCUT2D eigenvalue weighted by molar-refractivity contribution is 7.19. The molecule has 2 unspecified atom stereocenters. The van der Waals surface area contributed by atoms with Crippen LogP contribution in [0.4, 0.5) is 0 Å². The third kappa shape index (κ3) is 7.39. The minimum Gasteiger partial charge on any atom is -0.299 e. The lowest BCUT2D eigenvalue weighted by Crippen LogP contribution is -2.01. The number of rotatable bonds is 3. The number of ketones is 1. The average Bonchev–Trinajstić information content (AvgIpc) is 2.50. The predicted octanol–water partition coefficient (Wildman–Crippen LogP) is 5.66. The van der Waals surface area contributed by atoms with Gasteiger partial charge in [-0.3, -0.25) is 4.79 Å². The van der Waals surface area contributed by atoms with E-state index in [2.05, 4.69) is 58.6 Å². The predicted molar refractivity (Wildman–Crippen MR) is 99.1 cm³/mol. The maximum atomic E-state index is 10.1. The molecule has 2 aromatic rings. The molecule has 0 fully saturated rings. The van der Waals surface area contributed by atoms with Gasteiger partial charge in [0.15, 0.2) is 0 Å². The van der Waals surface area contributed by atoms with Gasteiger partial charge in [0, 0.05) is 5.66 Å². The van der Waals surface area contributed by atoms with Crippen LogP contribution < -0.4 is 0 Å². The lowest BCUT2D eigenvalue weighted by molar-refractivity contribution is -0.116. The molecule has 0 bridgehead atoms. The Morgan fingerprint density at radius 2 is 1.62 bits per heavy atom. The molecule has 0 saturated heterocycles. The molecule has 0 radical (unpaired) electrons. The monoisotopic (exact) mass is 304 g/mol. The fourth-order valence-electron chi connectivity index (χ4n) is 1.78. The largest absolute Gasteiger partial charge is 0.299 e. The van der Waals surface area contributed by atoms with Gasteiger partial charge in [-0.15, -0.1) is 9.24 Å². The zero-order valence-corrected chi connectivity index (χ0v) is 15.2. The topological polar surface area (TPSA) is 17.1 Å². The second kappa shape index (κ2) is 11.5. The van der Waals surface area contributed by atoms with Crippen LogP contribution in [0.5, 0.6) is 0 Å². The molecule has 2 aromatic carbocycles. The summed E-state index contributed by atoms with van der Waals surface area (Å²) in [5.74, 6) is 0.222. The van der Waals surface area contributed by atoms with Crippen LogP contribution >= 0.6 is 9.24 Å². The lowest BCUT2D eigenvalue weighted by Gasteiger charge is -2.03. The summed E-state index contributed by atoms with van der Waals surface area (Å²) in [5, 5.41) is 2.76. The molecule has 0 aliphatic heterocycles. The highest BCUT2D eigenvalue weighted by Crippen LogP contribution is 2.19. The zero-order valence-electron chi connectivity index (χ0n) is 14.0. The van der Waals surface area contributed by atoms with Gasteiger partial charge in [0.1, 0.15) is 5.78 Å². The lowest BCUT2D eigenvalue weighted by atomic mass is 10.0. The van der Waals surface area contributed by atoms with Crippen molar-refractivity contribution in [3.8, 4) is 0 Å². The highest BCUT2D eigenvalue weighted by Gasteiger charge is 1.97. The summed E-state index contributed by atoms with van der Waals surface area (Å²) < 4.78 is 0. The number of Topliss-reactive ketones (excluding diaryl/α,β-unsaturated/α-hetero) is 1. The van der Waals surface area contributed by atoms with Crippen LogP contribution in [0.2, 0.25) is 0 Å². The van der Waals surface area contributed by atoms with Crippen molar-refractivity contribution >= 4 is 25.8 Å². The van der Waals surface area contributed by atoms with Crippen LogP contribution in [0.1, 0.15) is 46.6 Å². The number of fused-ring (bicyclic) bond motifs is 1. The molecule has 2 atom stereocenters. The van der Waals surface area contributed by atoms with Crippen LogP contribution in [0.25, 0.3) is 10.8 Å². The number of hydrogen-bond acceptors (Lipinski definition) is 1. The molecule has 0 amide bonds. The Morgan fingerprint density at radius 3 is 2.14 bits per heavy atom. The molecule has 0 aliphatic rings. The van der Waals surface area contributed by atoms with Crippen molar-refractivity contribution in [3.05, 3.63) is 48.0 Å². The number of carbonyl (C=O) groups excluding carboxylic acids is 1. The van der Waals surface area contributed by atoms with E-state index in [9.17, 15) is 4.79 Å². The van der Waals surface area contributed by atoms with Gasteiger partial charge in [-0.05, 0) is 29.7 Å². The first kappa shape index (κ1) is 19.8. The zero-order chi connectivity index (χ0) is 16.3. The van der Waals surface area contributed by atoms with Gasteiger partial charge < -0.3 is 0 Å². The standard InChI is InChI=1S/C13H14.C4H9OP.C2H6/c1-2-6-11-8-5-9-12-7-3-4-10-13(11)12;1-3(5)4(2)6;1-2/h3-5,7-10H,2,6H2,1H3;4H,6H2,1-2H3;1-2H3. The van der Waals surface area contributed by atoms with Gasteiger partial charge in [-0.1, -0.05) is 76.6 Å². The SMILES string of the molecule is CC.CC(=O)C(C)P.CCCc1cccc2ccccc12. The van der Waals surface area contributed by atoms with Gasteiger partial charge in [0.05, 0.1) is 0 Å². The van der Waals surface area contributed by atoms with E-state index in [4.69, 9.17) is 0 Å². The Morgan fingerprint density at radius 1 is 1.10 bits per heavy atom. The van der Waals surface area contributed by atoms with Crippen molar-refractivity contribution in [2.75, 3.05) is 0 Å². The number of aryl methyl sites for hydroxylation is 1. The van der Waals surface area contributed by atoms with Crippen molar-refractivity contribution in [2.24, 2.45) is 0 Å². The van der Waals surface area contributed by atoms with Gasteiger partial charge >= 0.3 is 0 Å². The van der Waals surface area contributed by atoms with E-state index in [0.717, 1.165) is 0 Å². The van der Waals surface area contributed by atoms with Crippen molar-refractivity contribution in [1.82, 2.24) is 0 Å². The second-order valence-corrected chi connectivity index (χ2v) is 5.79. The molecule has 2 heteroatoms. The summed E-state index contributed by atoms with van der Waals surface area (Å²) in [6.45, 7) is 9.66. The quantitative estimate of drug-likeness (QED) is 0.669. The van der Waals surface area contributed by atoms with E-state index < -0.39 is 0 Å². The minimum atomic E-state index is 0.130. The van der Waals surface area contributed by atoms with Crippen molar-refractivity contribution in [2.45, 2.75) is 53.1 Å². The first-order valence-electron chi connectivity index (χ1n) is 7.79. The number of carbonyl (C=O) groups is 1. The molecule has 0 N–H and O–H groups in total. The molecule has 0 aliphatic carbocycles. The summed E-state index contributed by atoms with van der Waals surface area (Å²) in [6, 6.07) is 15.1. The van der Waals surface area contributed by atoms with Crippen molar-refractivity contribution in [1.29, 1.82) is 0 Å². The Bertz CT molecular complexity index is 527. The van der Waals surface area contributed by atoms with Gasteiger partial charge in [-0.25, -0.2) is 0 Å². The molecule has 1 nitrogen and oxygen atoms in total. The third-order valence-corrected chi connectivity index (χ3v) is 3.51. The summed E-state index contributed by atoms with van der Waals surface area (Å²) in [7, 11) is 2.42. The summed E-state index contributed by atoms with van der Waals surface area (Å²) in [5.41, 5.74) is 1.60. The van der Waals surface area contributed by atoms with Gasteiger partial charge in [0.2, 0.25) is 0 Å². The van der Waals surface area contributed by atoms with Gasteiger partial charge in [0.25, 0.3) is 0 Å². The Kier molecular flexibility index (Phi) is 10.8. The summed E-state index contributed by atoms with van der Waals surface area (Å²) in [6.07, 6.45) is 2.40. The van der Waals surface area contributed by atoms with E-state index in [1.807, 2.05) is 20.8 Å². The van der Waals surface area contributed by atoms with E-state index in [-0.39, 0.29) is 11.4 Å². The maximum absolute atomic E-state index is 10.1. The molecular formula is C19H29OP. The Labute approximate surface area is 132 Å². The summed E-state index contributed by atoms with van der Waals surface area (Å²) >= 11 is 0. The Hall–Kier alpha value is -1.20. The fraction of sp³-hybridized carbons (Fsp3) is 0.421. The molecule has 2 rings (SSSR count). The van der Waals surface area contributed by atoms with Crippen LogP contribution in [-0.4, -0.2) is 11.4 Å². The highest BCUT2D eigenvalue weighted by atomic mass is 31.0. The molecular weight excluding hydrogens is 275 g/mol. The number of hydrogen-bond donors (Lipinski definition) is 0. The van der Waals surface area contributed by atoms with Crippen LogP contribution in [-0.2, 0) is 11.2 Å². The van der Waals surface area contributed by atoms with Crippen molar-refractivity contribution < 1.29 is 4.79 Å². The molecule has 21 heavy (non-hydrogen) atoms. The second-order valence-electron chi connectivity index (χ2n) is 4.79. The normalized spacial score (nSPS) is 10.8. The molecule has 0 aromatic heterocycles. The third-order valence-electron chi connectivity index (χ3n) is 3.04. The van der Waals surface area contributed by atoms with E-state index in [1.54, 1.807) is 6.92 Å². The molecule has 0 heterocycles. The smallest absolute Gasteiger partial charge is 0.136 e. The van der Waals surface area contributed by atoms with Crippen molar-refractivity contribution in [3.63, 3.8) is 0 Å². The first-order chi connectivity index (χ1) is 10.1. The summed E-state index contributed by atoms with van der Waals surface area (Å²) in [4.78, 5) is 10.1. The van der Waals surface area contributed by atoms with E-state index in [0.29, 0.717) is 0 Å². The first-order valence-corrected chi connectivity index (χ1v) is 8.45. The maximum Gasteiger partial charge on any atom is 0.136 e.